The Hall–Kier alpha value is 0.0169. The Kier molecular flexibility index (Phi) is 21.6. The van der Waals surface area contributed by atoms with E-state index in [0.717, 1.165) is 6.61 Å². The van der Waals surface area contributed by atoms with E-state index in [1.54, 1.807) is 0 Å². The lowest BCUT2D eigenvalue weighted by Gasteiger charge is -2.36. The average molecular weight is 477 g/mol. The van der Waals surface area contributed by atoms with Crippen LogP contribution < -0.4 is 0 Å². The molecule has 0 aromatic heterocycles. The first kappa shape index (κ1) is 32.0. The summed E-state index contributed by atoms with van der Waals surface area (Å²) < 4.78 is 28.4. The normalized spacial score (nSPS) is 12.6. The van der Waals surface area contributed by atoms with Gasteiger partial charge in [-0.1, -0.05) is 85.5 Å². The minimum Gasteiger partial charge on any atom is -0.414 e. The molecule has 0 radical (unpaired) electrons. The summed E-state index contributed by atoms with van der Waals surface area (Å²) in [6.45, 7) is 19.4. The van der Waals surface area contributed by atoms with Gasteiger partial charge in [0, 0.05) is 6.61 Å². The summed E-state index contributed by atoms with van der Waals surface area (Å²) in [7, 11) is -1.66. The SMILES string of the molecule is CCCCCCCCCCCCOCCOCCOCCOCCO[Si](C)(C)C(C)(C)C. The van der Waals surface area contributed by atoms with Gasteiger partial charge in [0.15, 0.2) is 8.32 Å². The van der Waals surface area contributed by atoms with E-state index in [2.05, 4.69) is 40.8 Å². The first-order valence-corrected chi connectivity index (χ1v) is 16.2. The number of hydrogen-bond donors (Lipinski definition) is 0. The Morgan fingerprint density at radius 3 is 1.22 bits per heavy atom. The zero-order valence-electron chi connectivity index (χ0n) is 22.5. The van der Waals surface area contributed by atoms with Crippen molar-refractivity contribution in [2.24, 2.45) is 0 Å². The van der Waals surface area contributed by atoms with Gasteiger partial charge in [0.2, 0.25) is 0 Å². The number of ether oxygens (including phenoxy) is 4. The molecule has 0 aliphatic heterocycles. The van der Waals surface area contributed by atoms with Gasteiger partial charge >= 0.3 is 0 Å². The summed E-state index contributed by atoms with van der Waals surface area (Å²) in [4.78, 5) is 0. The molecule has 0 rings (SSSR count). The van der Waals surface area contributed by atoms with Crippen LogP contribution in [0.15, 0.2) is 0 Å². The van der Waals surface area contributed by atoms with Gasteiger partial charge in [-0.3, -0.25) is 0 Å². The van der Waals surface area contributed by atoms with Gasteiger partial charge in [-0.15, -0.1) is 0 Å². The van der Waals surface area contributed by atoms with Crippen LogP contribution in [0.25, 0.3) is 0 Å². The van der Waals surface area contributed by atoms with Gasteiger partial charge in [-0.2, -0.15) is 0 Å². The third-order valence-electron chi connectivity index (χ3n) is 6.26. The topological polar surface area (TPSA) is 46.2 Å². The zero-order valence-corrected chi connectivity index (χ0v) is 23.5. The summed E-state index contributed by atoms with van der Waals surface area (Å²) in [5, 5.41) is 0.244. The lowest BCUT2D eigenvalue weighted by Crippen LogP contribution is -2.41. The minimum atomic E-state index is -1.66. The van der Waals surface area contributed by atoms with Crippen molar-refractivity contribution in [1.29, 1.82) is 0 Å². The van der Waals surface area contributed by atoms with Crippen molar-refractivity contribution in [2.75, 3.05) is 59.5 Å². The number of hydrogen-bond acceptors (Lipinski definition) is 5. The highest BCUT2D eigenvalue weighted by Crippen LogP contribution is 2.36. The quantitative estimate of drug-likeness (QED) is 0.111. The fourth-order valence-electron chi connectivity index (χ4n) is 3.03. The van der Waals surface area contributed by atoms with E-state index in [1.807, 2.05) is 0 Å². The van der Waals surface area contributed by atoms with Crippen LogP contribution in [0, 0.1) is 0 Å². The Morgan fingerprint density at radius 1 is 0.469 bits per heavy atom. The molecule has 0 atom stereocenters. The molecule has 0 aliphatic carbocycles. The molecule has 5 nitrogen and oxygen atoms in total. The van der Waals surface area contributed by atoms with E-state index < -0.39 is 8.32 Å². The van der Waals surface area contributed by atoms with Crippen molar-refractivity contribution in [1.82, 2.24) is 0 Å². The molecule has 32 heavy (non-hydrogen) atoms. The first-order chi connectivity index (χ1) is 15.3. The molecule has 0 heterocycles. The van der Waals surface area contributed by atoms with E-state index >= 15 is 0 Å². The maximum Gasteiger partial charge on any atom is 0.192 e. The van der Waals surface area contributed by atoms with Gasteiger partial charge in [0.25, 0.3) is 0 Å². The van der Waals surface area contributed by atoms with Crippen LogP contribution in [0.2, 0.25) is 18.1 Å². The molecule has 194 valence electrons. The van der Waals surface area contributed by atoms with Gasteiger partial charge in [-0.25, -0.2) is 0 Å². The molecule has 0 aromatic rings. The van der Waals surface area contributed by atoms with Crippen LogP contribution in [-0.2, 0) is 23.4 Å². The molecular weight excluding hydrogens is 420 g/mol. The number of unbranched alkanes of at least 4 members (excludes halogenated alkanes) is 9. The van der Waals surface area contributed by atoms with E-state index in [4.69, 9.17) is 23.4 Å². The Balaban J connectivity index is 3.15. The molecular formula is C26H56O5Si. The van der Waals surface area contributed by atoms with Gasteiger partial charge in [-0.05, 0) is 24.6 Å². The van der Waals surface area contributed by atoms with E-state index in [9.17, 15) is 0 Å². The van der Waals surface area contributed by atoms with Gasteiger partial charge in [0.1, 0.15) is 0 Å². The third kappa shape index (κ3) is 20.6. The average Bonchev–Trinajstić information content (AvgIpc) is 2.73. The molecule has 0 bridgehead atoms. The molecule has 0 amide bonds. The Morgan fingerprint density at radius 2 is 0.812 bits per heavy atom. The molecule has 0 N–H and O–H groups in total. The van der Waals surface area contributed by atoms with Crippen molar-refractivity contribution < 1.29 is 23.4 Å². The predicted molar refractivity (Wildman–Crippen MR) is 138 cm³/mol. The summed E-state index contributed by atoms with van der Waals surface area (Å²) in [6.07, 6.45) is 13.6. The predicted octanol–water partition coefficient (Wildman–Crippen LogP) is 7.00. The van der Waals surface area contributed by atoms with Gasteiger partial charge in [0.05, 0.1) is 52.9 Å². The fourth-order valence-corrected chi connectivity index (χ4v) is 4.05. The van der Waals surface area contributed by atoms with Crippen molar-refractivity contribution >= 4 is 8.32 Å². The molecule has 0 aliphatic rings. The summed E-state index contributed by atoms with van der Waals surface area (Å²) >= 11 is 0. The maximum absolute atomic E-state index is 6.08. The Labute approximate surface area is 201 Å². The monoisotopic (exact) mass is 476 g/mol. The molecule has 0 aromatic carbocycles. The molecule has 6 heteroatoms. The number of rotatable bonds is 24. The first-order valence-electron chi connectivity index (χ1n) is 13.3. The fraction of sp³-hybridized carbons (Fsp3) is 1.00. The second kappa shape index (κ2) is 21.5. The van der Waals surface area contributed by atoms with Crippen molar-refractivity contribution in [3.8, 4) is 0 Å². The molecule has 0 spiro atoms. The van der Waals surface area contributed by atoms with E-state index in [0.29, 0.717) is 52.9 Å². The minimum absolute atomic E-state index is 0.244. The van der Waals surface area contributed by atoms with Crippen molar-refractivity contribution in [3.63, 3.8) is 0 Å². The third-order valence-corrected chi connectivity index (χ3v) is 10.8. The lowest BCUT2D eigenvalue weighted by molar-refractivity contribution is -0.00530. The standard InChI is InChI=1S/C26H56O5Si/c1-7-8-9-10-11-12-13-14-15-16-17-27-18-19-28-20-21-29-22-23-30-24-25-31-32(5,6)26(2,3)4/h7-25H2,1-6H3. The van der Waals surface area contributed by atoms with Crippen LogP contribution in [0.4, 0.5) is 0 Å². The molecule has 0 saturated heterocycles. The summed E-state index contributed by atoms with van der Waals surface area (Å²) in [6, 6.07) is 0. The molecule has 0 unspecified atom stereocenters. The van der Waals surface area contributed by atoms with Crippen LogP contribution in [0.5, 0.6) is 0 Å². The van der Waals surface area contributed by atoms with Crippen molar-refractivity contribution in [2.45, 2.75) is 110 Å². The lowest BCUT2D eigenvalue weighted by atomic mass is 10.1. The van der Waals surface area contributed by atoms with Crippen molar-refractivity contribution in [3.05, 3.63) is 0 Å². The van der Waals surface area contributed by atoms with Crippen LogP contribution in [-0.4, -0.2) is 67.8 Å². The Bertz CT molecular complexity index is 385. The van der Waals surface area contributed by atoms with Crippen LogP contribution in [0.1, 0.15) is 91.9 Å². The van der Waals surface area contributed by atoms with E-state index in [-0.39, 0.29) is 5.04 Å². The zero-order chi connectivity index (χ0) is 24.0. The highest BCUT2D eigenvalue weighted by molar-refractivity contribution is 6.74. The second-order valence-corrected chi connectivity index (χ2v) is 15.0. The largest absolute Gasteiger partial charge is 0.414 e. The van der Waals surface area contributed by atoms with Crippen LogP contribution >= 0.6 is 0 Å². The highest BCUT2D eigenvalue weighted by Gasteiger charge is 2.36. The van der Waals surface area contributed by atoms with Crippen LogP contribution in [0.3, 0.4) is 0 Å². The second-order valence-electron chi connectivity index (χ2n) is 10.2. The maximum atomic E-state index is 6.08. The van der Waals surface area contributed by atoms with Gasteiger partial charge < -0.3 is 23.4 Å². The highest BCUT2D eigenvalue weighted by atomic mass is 28.4. The summed E-state index contributed by atoms with van der Waals surface area (Å²) in [5.41, 5.74) is 0. The summed E-state index contributed by atoms with van der Waals surface area (Å²) in [5.74, 6) is 0. The van der Waals surface area contributed by atoms with E-state index in [1.165, 1.54) is 64.2 Å². The molecule has 0 fully saturated rings. The smallest absolute Gasteiger partial charge is 0.192 e. The molecule has 0 saturated carbocycles.